The maximum Gasteiger partial charge on any atom is 0.312 e. The first-order valence-electron chi connectivity index (χ1n) is 9.46. The molecule has 1 aliphatic heterocycles. The number of nitrogens with zero attached hydrogens (tertiary/aromatic N) is 1. The van der Waals surface area contributed by atoms with Crippen LogP contribution in [0.2, 0.25) is 0 Å². The van der Waals surface area contributed by atoms with E-state index in [0.29, 0.717) is 6.42 Å². The summed E-state index contributed by atoms with van der Waals surface area (Å²) in [5.74, 6) is -3.84. The Hall–Kier alpha value is -3.77. The quantitative estimate of drug-likeness (QED) is 0.150. The number of amides is 7. The molecule has 0 aliphatic carbocycles. The van der Waals surface area contributed by atoms with Gasteiger partial charge in [0.05, 0.1) is 12.5 Å². The van der Waals surface area contributed by atoms with E-state index in [9.17, 15) is 33.6 Å². The molecule has 1 aliphatic rings. The fourth-order valence-corrected chi connectivity index (χ4v) is 2.71. The van der Waals surface area contributed by atoms with E-state index in [2.05, 4.69) is 16.0 Å². The average Bonchev–Trinajstić information content (AvgIpc) is 2.98. The van der Waals surface area contributed by atoms with Gasteiger partial charge < -0.3 is 27.4 Å². The van der Waals surface area contributed by atoms with Crippen molar-refractivity contribution in [1.29, 1.82) is 0 Å². The average molecular weight is 438 g/mol. The van der Waals surface area contributed by atoms with Gasteiger partial charge in [0, 0.05) is 31.7 Å². The second-order valence-electron chi connectivity index (χ2n) is 6.81. The number of imide groups is 1. The van der Waals surface area contributed by atoms with Crippen LogP contribution in [0.4, 0.5) is 4.79 Å². The van der Waals surface area contributed by atoms with Crippen molar-refractivity contribution in [3.63, 3.8) is 0 Å². The van der Waals surface area contributed by atoms with E-state index in [1.807, 2.05) is 0 Å². The fraction of sp³-hybridized carbons (Fsp3) is 0.500. The smallest absolute Gasteiger partial charge is 0.312 e. The number of primary amides is 2. The molecule has 0 saturated heterocycles. The van der Waals surface area contributed by atoms with Gasteiger partial charge in [0.15, 0.2) is 5.78 Å². The van der Waals surface area contributed by atoms with E-state index < -0.39 is 54.1 Å². The topological polar surface area (TPSA) is 211 Å². The van der Waals surface area contributed by atoms with Gasteiger partial charge >= 0.3 is 6.03 Å². The van der Waals surface area contributed by atoms with Crippen LogP contribution in [0.1, 0.15) is 32.6 Å². The molecule has 0 fully saturated rings. The van der Waals surface area contributed by atoms with E-state index >= 15 is 0 Å². The summed E-state index contributed by atoms with van der Waals surface area (Å²) in [5, 5.41) is 7.12. The second kappa shape index (κ2) is 12.0. The van der Waals surface area contributed by atoms with E-state index in [1.165, 1.54) is 6.92 Å². The SMILES string of the molecule is CC(=O)[C@H](CCCNC(N)=O)NC(=O)[C@H](CC(N)=O)NC(=O)CCN1C(=O)C=CC1=O. The third kappa shape index (κ3) is 9.06. The summed E-state index contributed by atoms with van der Waals surface area (Å²) in [7, 11) is 0. The lowest BCUT2D eigenvalue weighted by molar-refractivity contribution is -0.137. The van der Waals surface area contributed by atoms with Gasteiger partial charge in [0.1, 0.15) is 6.04 Å². The molecule has 0 saturated carbocycles. The molecular formula is C18H26N6O7. The molecule has 0 radical (unpaired) electrons. The number of nitrogens with one attached hydrogen (secondary N) is 3. The maximum absolute atomic E-state index is 12.5. The van der Waals surface area contributed by atoms with Gasteiger partial charge in [-0.2, -0.15) is 0 Å². The summed E-state index contributed by atoms with van der Waals surface area (Å²) in [6.07, 6.45) is 1.86. The summed E-state index contributed by atoms with van der Waals surface area (Å²) in [4.78, 5) is 82.3. The Morgan fingerprint density at radius 2 is 1.61 bits per heavy atom. The van der Waals surface area contributed by atoms with Gasteiger partial charge in [-0.15, -0.1) is 0 Å². The molecular weight excluding hydrogens is 412 g/mol. The Morgan fingerprint density at radius 1 is 1.00 bits per heavy atom. The largest absolute Gasteiger partial charge is 0.370 e. The standard InChI is InChI=1S/C18H26N6O7/c1-10(25)11(3-2-7-21-18(20)31)23-17(30)12(9-13(19)26)22-14(27)6-8-24-15(28)4-5-16(24)29/h4-5,11-12H,2-3,6-9H2,1H3,(H2,19,26)(H,22,27)(H,23,30)(H3,20,21,31)/t11-,12-/m0/s1. The van der Waals surface area contributed by atoms with Crippen LogP contribution in [-0.4, -0.2) is 71.4 Å². The highest BCUT2D eigenvalue weighted by atomic mass is 16.2. The van der Waals surface area contributed by atoms with Crippen LogP contribution in [0.15, 0.2) is 12.2 Å². The minimum Gasteiger partial charge on any atom is -0.370 e. The van der Waals surface area contributed by atoms with Crippen molar-refractivity contribution < 1.29 is 33.6 Å². The Kier molecular flexibility index (Phi) is 9.82. The van der Waals surface area contributed by atoms with Crippen LogP contribution in [0.5, 0.6) is 0 Å². The van der Waals surface area contributed by atoms with Crippen LogP contribution in [0.25, 0.3) is 0 Å². The molecule has 13 nitrogen and oxygen atoms in total. The van der Waals surface area contributed by atoms with Crippen molar-refractivity contribution in [3.8, 4) is 0 Å². The number of hydrogen-bond donors (Lipinski definition) is 5. The zero-order valence-corrected chi connectivity index (χ0v) is 17.0. The van der Waals surface area contributed by atoms with Crippen molar-refractivity contribution in [3.05, 3.63) is 12.2 Å². The lowest BCUT2D eigenvalue weighted by Gasteiger charge is -2.22. The fourth-order valence-electron chi connectivity index (χ4n) is 2.71. The van der Waals surface area contributed by atoms with Crippen LogP contribution in [0, 0.1) is 0 Å². The van der Waals surface area contributed by atoms with Crippen molar-refractivity contribution in [1.82, 2.24) is 20.9 Å². The van der Waals surface area contributed by atoms with Crippen LogP contribution < -0.4 is 27.4 Å². The molecule has 0 bridgehead atoms. The summed E-state index contributed by atoms with van der Waals surface area (Å²) < 4.78 is 0. The highest BCUT2D eigenvalue weighted by Crippen LogP contribution is 2.05. The molecule has 0 aromatic heterocycles. The molecule has 1 heterocycles. The zero-order chi connectivity index (χ0) is 23.6. The number of carbonyl (C=O) groups is 7. The molecule has 0 spiro atoms. The van der Waals surface area contributed by atoms with Crippen molar-refractivity contribution >= 4 is 41.4 Å². The molecule has 2 atom stereocenters. The van der Waals surface area contributed by atoms with Gasteiger partial charge in [0.25, 0.3) is 11.8 Å². The third-order valence-electron chi connectivity index (χ3n) is 4.30. The number of nitrogens with two attached hydrogens (primary N) is 2. The zero-order valence-electron chi connectivity index (χ0n) is 17.0. The molecule has 0 unspecified atom stereocenters. The molecule has 0 aromatic rings. The van der Waals surface area contributed by atoms with Gasteiger partial charge in [-0.1, -0.05) is 0 Å². The minimum absolute atomic E-state index is 0.185. The molecule has 13 heteroatoms. The van der Waals surface area contributed by atoms with Crippen molar-refractivity contribution in [2.45, 2.75) is 44.7 Å². The van der Waals surface area contributed by atoms with Crippen LogP contribution in [0.3, 0.4) is 0 Å². The molecule has 31 heavy (non-hydrogen) atoms. The molecule has 1 rings (SSSR count). The van der Waals surface area contributed by atoms with Crippen molar-refractivity contribution in [2.75, 3.05) is 13.1 Å². The number of carbonyl (C=O) groups excluding carboxylic acids is 7. The molecule has 7 N–H and O–H groups in total. The second-order valence-corrected chi connectivity index (χ2v) is 6.81. The molecule has 0 aromatic carbocycles. The Bertz CT molecular complexity index is 776. The summed E-state index contributed by atoms with van der Waals surface area (Å²) >= 11 is 0. The first-order chi connectivity index (χ1) is 14.5. The predicted octanol–water partition coefficient (Wildman–Crippen LogP) is -2.82. The lowest BCUT2D eigenvalue weighted by atomic mass is 10.1. The van der Waals surface area contributed by atoms with Crippen LogP contribution >= 0.6 is 0 Å². The molecule has 7 amide bonds. The van der Waals surface area contributed by atoms with E-state index in [4.69, 9.17) is 11.5 Å². The number of Topliss-reactive ketones (excluding diaryl/α,β-unsaturated/α-hetero) is 1. The normalized spacial score (nSPS) is 14.7. The Morgan fingerprint density at radius 3 is 2.13 bits per heavy atom. The van der Waals surface area contributed by atoms with Gasteiger partial charge in [-0.25, -0.2) is 4.79 Å². The number of hydrogen-bond acceptors (Lipinski definition) is 7. The first kappa shape index (κ1) is 25.3. The number of rotatable bonds is 13. The lowest BCUT2D eigenvalue weighted by Crippen LogP contribution is -2.53. The van der Waals surface area contributed by atoms with Gasteiger partial charge in [-0.3, -0.25) is 33.7 Å². The number of ketones is 1. The van der Waals surface area contributed by atoms with E-state index in [1.54, 1.807) is 0 Å². The summed E-state index contributed by atoms with van der Waals surface area (Å²) in [5.41, 5.74) is 10.1. The minimum atomic E-state index is -1.35. The summed E-state index contributed by atoms with van der Waals surface area (Å²) in [6, 6.07) is -2.99. The third-order valence-corrected chi connectivity index (χ3v) is 4.30. The Balaban J connectivity index is 2.65. The number of urea groups is 1. The van der Waals surface area contributed by atoms with Gasteiger partial charge in [-0.05, 0) is 19.8 Å². The maximum atomic E-state index is 12.5. The van der Waals surface area contributed by atoms with Crippen molar-refractivity contribution in [2.24, 2.45) is 11.5 Å². The highest BCUT2D eigenvalue weighted by Gasteiger charge is 2.28. The Labute approximate surface area is 177 Å². The highest BCUT2D eigenvalue weighted by molar-refractivity contribution is 6.13. The predicted molar refractivity (Wildman–Crippen MR) is 106 cm³/mol. The van der Waals surface area contributed by atoms with Gasteiger partial charge in [0.2, 0.25) is 17.7 Å². The van der Waals surface area contributed by atoms with E-state index in [0.717, 1.165) is 17.1 Å². The summed E-state index contributed by atoms with van der Waals surface area (Å²) in [6.45, 7) is 1.25. The monoisotopic (exact) mass is 438 g/mol. The molecule has 170 valence electrons. The van der Waals surface area contributed by atoms with E-state index in [-0.39, 0.29) is 31.7 Å². The van der Waals surface area contributed by atoms with Crippen LogP contribution in [-0.2, 0) is 28.8 Å². The first-order valence-corrected chi connectivity index (χ1v) is 9.46.